The first-order valence-corrected chi connectivity index (χ1v) is 10.8. The molecule has 2 aromatic heterocycles. The molecule has 33 heavy (non-hydrogen) atoms. The van der Waals surface area contributed by atoms with E-state index in [0.29, 0.717) is 24.6 Å². The maximum Gasteiger partial charge on any atom is 0.416 e. The smallest absolute Gasteiger partial charge is 0.416 e. The quantitative estimate of drug-likeness (QED) is 0.499. The van der Waals surface area contributed by atoms with Crippen LogP contribution >= 0.6 is 0 Å². The Kier molecular flexibility index (Phi) is 6.78. The molecule has 4 rings (SSSR count). The maximum absolute atomic E-state index is 14.5. The summed E-state index contributed by atoms with van der Waals surface area (Å²) in [6.45, 7) is 3.44. The predicted molar refractivity (Wildman–Crippen MR) is 116 cm³/mol. The Balaban J connectivity index is 1.55. The largest absolute Gasteiger partial charge is 0.447 e. The lowest BCUT2D eigenvalue weighted by molar-refractivity contribution is 0.142. The Morgan fingerprint density at radius 2 is 2.09 bits per heavy atom. The molecule has 1 aromatic carbocycles. The van der Waals surface area contributed by atoms with Crippen molar-refractivity contribution >= 4 is 17.9 Å². The van der Waals surface area contributed by atoms with E-state index in [1.54, 1.807) is 0 Å². The van der Waals surface area contributed by atoms with Gasteiger partial charge in [-0.2, -0.15) is 9.97 Å². The zero-order valence-electron chi connectivity index (χ0n) is 18.3. The van der Waals surface area contributed by atoms with Crippen molar-refractivity contribution in [1.29, 1.82) is 0 Å². The van der Waals surface area contributed by atoms with Gasteiger partial charge in [0.2, 0.25) is 11.8 Å². The number of hydrogen-bond donors (Lipinski definition) is 2. The molecule has 0 aliphatic carbocycles. The summed E-state index contributed by atoms with van der Waals surface area (Å²) in [6, 6.07) is 8.63. The van der Waals surface area contributed by atoms with Crippen molar-refractivity contribution in [3.05, 3.63) is 59.6 Å². The molecule has 3 atom stereocenters. The van der Waals surface area contributed by atoms with Crippen molar-refractivity contribution in [2.75, 3.05) is 16.8 Å². The Labute approximate surface area is 189 Å². The molecular weight excluding hydrogens is 431 g/mol. The first-order chi connectivity index (χ1) is 16.0. The Morgan fingerprint density at radius 1 is 1.30 bits per heavy atom. The summed E-state index contributed by atoms with van der Waals surface area (Å²) in [6.07, 6.45) is 1.20. The van der Waals surface area contributed by atoms with E-state index in [0.717, 1.165) is 23.1 Å². The lowest BCUT2D eigenvalue weighted by atomic mass is 10.1. The van der Waals surface area contributed by atoms with Gasteiger partial charge < -0.3 is 19.7 Å². The third-order valence-corrected chi connectivity index (χ3v) is 5.29. The molecule has 1 unspecified atom stereocenters. The number of benzene rings is 1. The lowest BCUT2D eigenvalue weighted by Gasteiger charge is -2.23. The van der Waals surface area contributed by atoms with Crippen LogP contribution in [0.2, 0.25) is 0 Å². The highest BCUT2D eigenvalue weighted by atomic mass is 19.1. The van der Waals surface area contributed by atoms with Gasteiger partial charge in [0.05, 0.1) is 24.8 Å². The Hall–Kier alpha value is -3.60. The minimum atomic E-state index is -0.933. The highest BCUT2D eigenvalue weighted by Gasteiger charge is 2.40. The van der Waals surface area contributed by atoms with Gasteiger partial charge >= 0.3 is 6.09 Å². The van der Waals surface area contributed by atoms with Gasteiger partial charge in [-0.05, 0) is 18.9 Å². The van der Waals surface area contributed by atoms with Crippen LogP contribution in [0.1, 0.15) is 50.0 Å². The minimum Gasteiger partial charge on any atom is -0.447 e. The van der Waals surface area contributed by atoms with Gasteiger partial charge in [-0.3, -0.25) is 0 Å². The normalized spacial score (nSPS) is 17.6. The van der Waals surface area contributed by atoms with Gasteiger partial charge in [0.25, 0.3) is 0 Å². The standard InChI is InChI=1S/C22H25FN6O4/c1-3-7-16(19-26-18(33-28-19)10-14-8-5-4-6-9-14)25-21-24-11-15(23)20(27-21)29-17(13(2)30)12-32-22(29)31/h4-6,8-9,11,13,16-17,30H,3,7,10,12H2,1-2H3,(H,24,25,27)/t13-,16?,17-/m1/s1. The van der Waals surface area contributed by atoms with E-state index in [1.807, 2.05) is 37.3 Å². The Bertz CT molecular complexity index is 1090. The molecule has 0 saturated carbocycles. The van der Waals surface area contributed by atoms with Gasteiger partial charge in [0, 0.05) is 0 Å². The number of aromatic nitrogens is 4. The summed E-state index contributed by atoms with van der Waals surface area (Å²) in [5, 5.41) is 17.2. The van der Waals surface area contributed by atoms with E-state index in [2.05, 4.69) is 25.4 Å². The number of ether oxygens (including phenoxy) is 1. The SMILES string of the molecule is CCCC(Nc1ncc(F)c(N2C(=O)OC[C@@H]2[C@@H](C)O)n1)c1noc(Cc2ccccc2)n1. The van der Waals surface area contributed by atoms with Crippen LogP contribution in [-0.4, -0.2) is 50.1 Å². The summed E-state index contributed by atoms with van der Waals surface area (Å²) < 4.78 is 24.9. The Morgan fingerprint density at radius 3 is 2.82 bits per heavy atom. The first kappa shape index (κ1) is 22.6. The fourth-order valence-corrected chi connectivity index (χ4v) is 3.59. The molecule has 11 heteroatoms. The van der Waals surface area contributed by atoms with E-state index in [4.69, 9.17) is 9.26 Å². The molecule has 1 aliphatic rings. The summed E-state index contributed by atoms with van der Waals surface area (Å²) in [7, 11) is 0. The van der Waals surface area contributed by atoms with Crippen LogP contribution < -0.4 is 10.2 Å². The van der Waals surface area contributed by atoms with Crippen molar-refractivity contribution in [3.8, 4) is 0 Å². The second-order valence-electron chi connectivity index (χ2n) is 7.81. The predicted octanol–water partition coefficient (Wildman–Crippen LogP) is 3.25. The average molecular weight is 456 g/mol. The van der Waals surface area contributed by atoms with Gasteiger partial charge in [-0.15, -0.1) is 0 Å². The summed E-state index contributed by atoms with van der Waals surface area (Å²) in [5.41, 5.74) is 1.05. The van der Waals surface area contributed by atoms with E-state index >= 15 is 0 Å². The van der Waals surface area contributed by atoms with Crippen LogP contribution in [-0.2, 0) is 11.2 Å². The van der Waals surface area contributed by atoms with Crippen LogP contribution in [0.3, 0.4) is 0 Å². The number of nitrogens with one attached hydrogen (secondary N) is 1. The highest BCUT2D eigenvalue weighted by molar-refractivity contribution is 5.89. The molecule has 1 saturated heterocycles. The van der Waals surface area contributed by atoms with Crippen molar-refractivity contribution in [2.24, 2.45) is 0 Å². The second-order valence-corrected chi connectivity index (χ2v) is 7.81. The molecule has 2 N–H and O–H groups in total. The van der Waals surface area contributed by atoms with Crippen LogP contribution in [0.15, 0.2) is 41.1 Å². The van der Waals surface area contributed by atoms with E-state index in [1.165, 1.54) is 6.92 Å². The molecule has 1 amide bonds. The number of anilines is 2. The van der Waals surface area contributed by atoms with Gasteiger partial charge in [-0.25, -0.2) is 19.1 Å². The highest BCUT2D eigenvalue weighted by Crippen LogP contribution is 2.28. The van der Waals surface area contributed by atoms with Gasteiger partial charge in [0.1, 0.15) is 12.6 Å². The second kappa shape index (κ2) is 9.90. The van der Waals surface area contributed by atoms with Crippen LogP contribution in [0.25, 0.3) is 0 Å². The third-order valence-electron chi connectivity index (χ3n) is 5.29. The minimum absolute atomic E-state index is 0.0613. The summed E-state index contributed by atoms with van der Waals surface area (Å²) in [5.74, 6) is -0.0850. The van der Waals surface area contributed by atoms with E-state index in [9.17, 15) is 14.3 Å². The molecular formula is C22H25FN6O4. The molecule has 0 radical (unpaired) electrons. The first-order valence-electron chi connectivity index (χ1n) is 10.8. The maximum atomic E-state index is 14.5. The summed E-state index contributed by atoms with van der Waals surface area (Å²) in [4.78, 5) is 25.9. The number of halogens is 1. The van der Waals surface area contributed by atoms with Crippen molar-refractivity contribution in [2.45, 2.75) is 51.3 Å². The van der Waals surface area contributed by atoms with Crippen molar-refractivity contribution in [1.82, 2.24) is 20.1 Å². The fourth-order valence-electron chi connectivity index (χ4n) is 3.59. The summed E-state index contributed by atoms with van der Waals surface area (Å²) >= 11 is 0. The average Bonchev–Trinajstić information content (AvgIpc) is 3.42. The van der Waals surface area contributed by atoms with Crippen molar-refractivity contribution in [3.63, 3.8) is 0 Å². The number of aliphatic hydroxyl groups is 1. The zero-order valence-corrected chi connectivity index (χ0v) is 18.3. The van der Waals surface area contributed by atoms with E-state index < -0.39 is 24.1 Å². The van der Waals surface area contributed by atoms with Gasteiger partial charge in [-0.1, -0.05) is 48.8 Å². The monoisotopic (exact) mass is 456 g/mol. The van der Waals surface area contributed by atoms with E-state index in [-0.39, 0.29) is 24.4 Å². The van der Waals surface area contributed by atoms with Gasteiger partial charge in [0.15, 0.2) is 17.5 Å². The van der Waals surface area contributed by atoms with Crippen LogP contribution in [0.4, 0.5) is 21.0 Å². The lowest BCUT2D eigenvalue weighted by Crippen LogP contribution is -2.42. The third kappa shape index (κ3) is 5.08. The zero-order chi connectivity index (χ0) is 23.4. The molecule has 3 aromatic rings. The number of cyclic esters (lactones) is 1. The number of amides is 1. The molecule has 3 heterocycles. The molecule has 0 spiro atoms. The molecule has 1 fully saturated rings. The fraction of sp³-hybridized carbons (Fsp3) is 0.409. The number of carbonyl (C=O) groups excluding carboxylic acids is 1. The van der Waals surface area contributed by atoms with Crippen LogP contribution in [0.5, 0.6) is 0 Å². The van der Waals surface area contributed by atoms with Crippen LogP contribution in [0, 0.1) is 5.82 Å². The number of aliphatic hydroxyl groups excluding tert-OH is 1. The number of nitrogens with zero attached hydrogens (tertiary/aromatic N) is 5. The number of carbonyl (C=O) groups is 1. The molecule has 1 aliphatic heterocycles. The topological polar surface area (TPSA) is 127 Å². The molecule has 174 valence electrons. The van der Waals surface area contributed by atoms with Crippen molar-refractivity contribution < 1.29 is 23.6 Å². The molecule has 10 nitrogen and oxygen atoms in total. The number of rotatable bonds is 9. The number of hydrogen-bond acceptors (Lipinski definition) is 9. The molecule has 0 bridgehead atoms.